The van der Waals surface area contributed by atoms with Crippen LogP contribution in [-0.4, -0.2) is 110 Å². The Bertz CT molecular complexity index is 1950. The normalized spacial score (nSPS) is 28.7. The number of alkyl halides is 3. The maximum absolute atomic E-state index is 13.3. The van der Waals surface area contributed by atoms with Crippen molar-refractivity contribution in [3.63, 3.8) is 0 Å². The topological polar surface area (TPSA) is 151 Å². The molecule has 4 aromatic carbocycles. The van der Waals surface area contributed by atoms with Gasteiger partial charge in [0.15, 0.2) is 18.9 Å². The predicted octanol–water partition coefficient (Wildman–Crippen LogP) is 6.80. The van der Waals surface area contributed by atoms with E-state index in [0.29, 0.717) is 5.75 Å². The summed E-state index contributed by atoms with van der Waals surface area (Å²) in [5.74, 6) is 0.710. The second-order valence-corrected chi connectivity index (χ2v) is 17.4. The van der Waals surface area contributed by atoms with E-state index in [1.165, 1.54) is 7.11 Å². The lowest BCUT2D eigenvalue weighted by molar-refractivity contribution is -0.376. The zero-order valence-corrected chi connectivity index (χ0v) is 36.3. The first-order chi connectivity index (χ1) is 30.1. The maximum atomic E-state index is 13.3. The van der Waals surface area contributed by atoms with Crippen LogP contribution in [0.1, 0.15) is 28.5 Å². The molecule has 3 heterocycles. The van der Waals surface area contributed by atoms with Crippen LogP contribution in [0, 0.1) is 0 Å². The van der Waals surface area contributed by atoms with E-state index in [9.17, 15) is 9.90 Å². The van der Waals surface area contributed by atoms with Crippen molar-refractivity contribution in [2.45, 2.75) is 91.3 Å². The van der Waals surface area contributed by atoms with Crippen LogP contribution in [0.25, 0.3) is 0 Å². The van der Waals surface area contributed by atoms with E-state index in [0.717, 1.165) is 22.3 Å². The highest BCUT2D eigenvalue weighted by molar-refractivity contribution is 6.67. The van der Waals surface area contributed by atoms with Crippen molar-refractivity contribution < 1.29 is 62.0 Å². The molecule has 0 aliphatic carbocycles. The summed E-state index contributed by atoms with van der Waals surface area (Å²) < 4.78 is 66.7. The molecular weight excluding hydrogens is 869 g/mol. The number of halogens is 3. The molecule has 0 aromatic heterocycles. The molecule has 0 unspecified atom stereocenters. The average molecular weight is 919 g/mol. The van der Waals surface area contributed by atoms with Gasteiger partial charge in [-0.05, 0) is 28.8 Å². The first-order valence-corrected chi connectivity index (χ1v) is 21.2. The molecule has 0 saturated carbocycles. The summed E-state index contributed by atoms with van der Waals surface area (Å²) >= 11 is 17.7. The van der Waals surface area contributed by atoms with Gasteiger partial charge in [-0.2, -0.15) is 0 Å². The molecule has 3 fully saturated rings. The van der Waals surface area contributed by atoms with Crippen molar-refractivity contribution in [1.82, 2.24) is 5.32 Å². The fraction of sp³-hybridized carbons (Fsp3) is 0.444. The molecule has 3 aliphatic rings. The van der Waals surface area contributed by atoms with E-state index in [1.807, 2.05) is 115 Å². The van der Waals surface area contributed by atoms with E-state index in [1.54, 1.807) is 7.11 Å². The summed E-state index contributed by atoms with van der Waals surface area (Å²) in [5.41, 5.74) is 3.40. The van der Waals surface area contributed by atoms with Gasteiger partial charge in [-0.3, -0.25) is 0 Å². The van der Waals surface area contributed by atoms with Gasteiger partial charge in [0.05, 0.1) is 40.1 Å². The number of alkyl carbamates (subject to hydrolysis) is 1. The average Bonchev–Trinajstić information content (AvgIpc) is 3.29. The van der Waals surface area contributed by atoms with Gasteiger partial charge in [-0.25, -0.2) is 4.79 Å². The number of ether oxygens (including phenoxy) is 11. The van der Waals surface area contributed by atoms with Crippen LogP contribution in [0.2, 0.25) is 0 Å². The second kappa shape index (κ2) is 22.4. The molecule has 334 valence electrons. The van der Waals surface area contributed by atoms with Gasteiger partial charge in [0.1, 0.15) is 61.1 Å². The van der Waals surface area contributed by atoms with Crippen molar-refractivity contribution in [3.05, 3.63) is 138 Å². The van der Waals surface area contributed by atoms with Crippen molar-refractivity contribution >= 4 is 40.9 Å². The number of hydrogen-bond donors (Lipinski definition) is 2. The summed E-state index contributed by atoms with van der Waals surface area (Å²) in [7, 11) is 3.12. The lowest BCUT2D eigenvalue weighted by Crippen LogP contribution is -2.69. The number of carbonyl (C=O) groups excluding carboxylic acids is 1. The SMILES string of the molecule is COc1ccc(COC[C@H]2O[C@@H](OC)[C@H](OCc3ccccc3)[C@@H](OCc3ccccc3)[C@@H]2O[C@@H]2O[C@@H]3CO[C@@H](c4ccccc4)O[C@H]3[C@H](O)[C@H]2NC(=O)OCC(Cl)(Cl)Cl)cc1. The summed E-state index contributed by atoms with van der Waals surface area (Å²) in [5, 5.41) is 14.8. The van der Waals surface area contributed by atoms with E-state index < -0.39 is 84.1 Å². The zero-order chi connectivity index (χ0) is 43.5. The zero-order valence-electron chi connectivity index (χ0n) is 34.0. The molecule has 0 radical (unpaired) electrons. The van der Waals surface area contributed by atoms with Gasteiger partial charge >= 0.3 is 6.09 Å². The number of aliphatic hydroxyl groups is 1. The number of fused-ring (bicyclic) bond motifs is 1. The van der Waals surface area contributed by atoms with E-state index in [2.05, 4.69) is 5.32 Å². The second-order valence-electron chi connectivity index (χ2n) is 14.8. The molecule has 2 N–H and O–H groups in total. The molecule has 1 amide bonds. The Kier molecular flexibility index (Phi) is 16.7. The Balaban J connectivity index is 1.21. The Hall–Kier alpha value is -3.58. The summed E-state index contributed by atoms with van der Waals surface area (Å²) in [6, 6.07) is 34.7. The first-order valence-electron chi connectivity index (χ1n) is 20.1. The third kappa shape index (κ3) is 12.6. The standard InChI is InChI=1S/C45H50Cl3NO13/c1-52-32-20-18-30(19-21-32)22-54-25-33-38(39(55-23-28-12-6-3-7-13-28)40(43(53-2)60-33)56-24-29-14-8-4-9-15-29)62-42-35(49-44(51)58-27-45(46,47)48)36(50)37-34(59-42)26-57-41(61-37)31-16-10-5-11-17-31/h3-21,33-43,50H,22-27H2,1-2H3,(H,49,51)/t33-,34-,35-,36-,37-,38-,39+,40-,41-,42+,43-/m1/s1. The smallest absolute Gasteiger partial charge is 0.407 e. The maximum Gasteiger partial charge on any atom is 0.407 e. The monoisotopic (exact) mass is 917 g/mol. The number of amides is 1. The van der Waals surface area contributed by atoms with Crippen LogP contribution >= 0.6 is 34.8 Å². The molecule has 14 nitrogen and oxygen atoms in total. The Morgan fingerprint density at radius 1 is 0.742 bits per heavy atom. The molecule has 3 aliphatic heterocycles. The largest absolute Gasteiger partial charge is 0.497 e. The number of aliphatic hydroxyl groups excluding tert-OH is 1. The third-order valence-corrected chi connectivity index (χ3v) is 10.8. The Labute approximate surface area is 375 Å². The minimum Gasteiger partial charge on any atom is -0.497 e. The highest BCUT2D eigenvalue weighted by Crippen LogP contribution is 2.38. The highest BCUT2D eigenvalue weighted by atomic mass is 35.6. The number of benzene rings is 4. The van der Waals surface area contributed by atoms with Gasteiger partial charge in [-0.15, -0.1) is 0 Å². The van der Waals surface area contributed by atoms with Crippen LogP contribution in [0.5, 0.6) is 5.75 Å². The molecule has 3 saturated heterocycles. The minimum atomic E-state index is -1.90. The van der Waals surface area contributed by atoms with E-state index >= 15 is 0 Å². The van der Waals surface area contributed by atoms with Gasteiger partial charge in [-0.1, -0.05) is 138 Å². The molecule has 7 rings (SSSR count). The molecule has 62 heavy (non-hydrogen) atoms. The number of carbonyl (C=O) groups is 1. The molecular formula is C45H50Cl3NO13. The van der Waals surface area contributed by atoms with Gasteiger partial charge in [0, 0.05) is 12.7 Å². The molecule has 17 heteroatoms. The fourth-order valence-corrected chi connectivity index (χ4v) is 7.57. The predicted molar refractivity (Wildman–Crippen MR) is 226 cm³/mol. The minimum absolute atomic E-state index is 0.0111. The van der Waals surface area contributed by atoms with Gasteiger partial charge < -0.3 is 62.5 Å². The quantitative estimate of drug-likeness (QED) is 0.107. The first kappa shape index (κ1) is 46.4. The third-order valence-electron chi connectivity index (χ3n) is 10.5. The van der Waals surface area contributed by atoms with Crippen LogP contribution in [0.3, 0.4) is 0 Å². The van der Waals surface area contributed by atoms with E-state index in [4.69, 9.17) is 86.9 Å². The van der Waals surface area contributed by atoms with Crippen LogP contribution in [-0.2, 0) is 67.2 Å². The number of hydrogen-bond acceptors (Lipinski definition) is 13. The highest BCUT2D eigenvalue weighted by Gasteiger charge is 2.55. The van der Waals surface area contributed by atoms with Crippen LogP contribution < -0.4 is 10.1 Å². The summed E-state index contributed by atoms with van der Waals surface area (Å²) in [6.45, 7) is -0.0183. The lowest BCUT2D eigenvalue weighted by Gasteiger charge is -2.50. The lowest BCUT2D eigenvalue weighted by atomic mass is 9.94. The fourth-order valence-electron chi connectivity index (χ4n) is 7.40. The molecule has 4 aromatic rings. The van der Waals surface area contributed by atoms with Crippen molar-refractivity contribution in [2.75, 3.05) is 34.0 Å². The number of rotatable bonds is 17. The number of nitrogens with one attached hydrogen (secondary N) is 1. The van der Waals surface area contributed by atoms with Crippen LogP contribution in [0.15, 0.2) is 115 Å². The molecule has 0 bridgehead atoms. The number of methoxy groups -OCH3 is 2. The summed E-state index contributed by atoms with van der Waals surface area (Å²) in [6.07, 6.45) is -11.1. The van der Waals surface area contributed by atoms with Crippen LogP contribution in [0.4, 0.5) is 4.79 Å². The van der Waals surface area contributed by atoms with Crippen molar-refractivity contribution in [1.29, 1.82) is 0 Å². The molecule has 11 atom stereocenters. The van der Waals surface area contributed by atoms with Crippen molar-refractivity contribution in [3.8, 4) is 5.75 Å². The molecule has 0 spiro atoms. The Morgan fingerprint density at radius 2 is 1.35 bits per heavy atom. The Morgan fingerprint density at radius 3 is 1.97 bits per heavy atom. The summed E-state index contributed by atoms with van der Waals surface area (Å²) in [4.78, 5) is 13.3. The van der Waals surface area contributed by atoms with Gasteiger partial charge in [0.2, 0.25) is 3.79 Å². The van der Waals surface area contributed by atoms with Gasteiger partial charge in [0.25, 0.3) is 0 Å². The van der Waals surface area contributed by atoms with Crippen molar-refractivity contribution in [2.24, 2.45) is 0 Å². The van der Waals surface area contributed by atoms with E-state index in [-0.39, 0.29) is 33.0 Å².